The molecule has 1 atom stereocenters. The molecule has 0 saturated carbocycles. The molecule has 1 unspecified atom stereocenters. The molecule has 0 aliphatic heterocycles. The van der Waals surface area contributed by atoms with Gasteiger partial charge in [-0.1, -0.05) is 24.3 Å². The second-order valence-electron chi connectivity index (χ2n) is 7.18. The van der Waals surface area contributed by atoms with Crippen molar-refractivity contribution in [2.75, 3.05) is 7.05 Å². The van der Waals surface area contributed by atoms with Crippen molar-refractivity contribution >= 4 is 16.8 Å². The Morgan fingerprint density at radius 2 is 1.61 bits per heavy atom. The van der Waals surface area contributed by atoms with Crippen molar-refractivity contribution < 1.29 is 13.6 Å². The molecule has 0 fully saturated rings. The van der Waals surface area contributed by atoms with E-state index in [2.05, 4.69) is 4.98 Å². The van der Waals surface area contributed by atoms with E-state index in [1.54, 1.807) is 37.3 Å². The number of fused-ring (bicyclic) bond motifs is 1. The Morgan fingerprint density at radius 3 is 2.32 bits per heavy atom. The summed E-state index contributed by atoms with van der Waals surface area (Å²) in [7, 11) is 1.52. The van der Waals surface area contributed by atoms with Gasteiger partial charge < -0.3 is 4.90 Å². The zero-order valence-electron chi connectivity index (χ0n) is 16.9. The average Bonchev–Trinajstić information content (AvgIpc) is 2.79. The zero-order chi connectivity index (χ0) is 22.1. The Kier molecular flexibility index (Phi) is 5.33. The van der Waals surface area contributed by atoms with Crippen LogP contribution in [0.5, 0.6) is 0 Å². The fourth-order valence-corrected chi connectivity index (χ4v) is 3.44. The van der Waals surface area contributed by atoms with Gasteiger partial charge in [-0.3, -0.25) is 14.2 Å². The lowest BCUT2D eigenvalue weighted by molar-refractivity contribution is 0.0730. The highest BCUT2D eigenvalue weighted by Gasteiger charge is 2.26. The van der Waals surface area contributed by atoms with E-state index in [4.69, 9.17) is 0 Å². The van der Waals surface area contributed by atoms with Crippen LogP contribution in [0.1, 0.15) is 29.1 Å². The molecule has 4 rings (SSSR count). The first-order valence-corrected chi connectivity index (χ1v) is 9.68. The van der Waals surface area contributed by atoms with Crippen LogP contribution in [0.25, 0.3) is 16.6 Å². The summed E-state index contributed by atoms with van der Waals surface area (Å²) in [6, 6.07) is 17.3. The van der Waals surface area contributed by atoms with Gasteiger partial charge in [-0.2, -0.15) is 0 Å². The third-order valence-corrected chi connectivity index (χ3v) is 5.27. The van der Waals surface area contributed by atoms with Crippen LogP contribution in [0.4, 0.5) is 8.78 Å². The number of carbonyl (C=O) groups is 1. The van der Waals surface area contributed by atoms with E-state index < -0.39 is 23.6 Å². The Hall–Kier alpha value is -3.87. The SMILES string of the molecule is CC(c1nc2ccccc2c(=O)n1-c1ccc(F)cc1)N(C)C(=O)c1ccccc1F. The van der Waals surface area contributed by atoms with E-state index in [9.17, 15) is 18.4 Å². The minimum absolute atomic E-state index is 0.0756. The van der Waals surface area contributed by atoms with E-state index >= 15 is 0 Å². The van der Waals surface area contributed by atoms with E-state index in [0.29, 0.717) is 16.6 Å². The van der Waals surface area contributed by atoms with Crippen molar-refractivity contribution in [3.8, 4) is 5.69 Å². The van der Waals surface area contributed by atoms with Crippen molar-refractivity contribution in [1.29, 1.82) is 0 Å². The number of hydrogen-bond acceptors (Lipinski definition) is 3. The average molecular weight is 419 g/mol. The van der Waals surface area contributed by atoms with Gasteiger partial charge in [0, 0.05) is 7.05 Å². The van der Waals surface area contributed by atoms with Gasteiger partial charge in [0.15, 0.2) is 0 Å². The number of aromatic nitrogens is 2. The zero-order valence-corrected chi connectivity index (χ0v) is 16.9. The molecule has 4 aromatic rings. The number of amides is 1. The topological polar surface area (TPSA) is 55.2 Å². The maximum Gasteiger partial charge on any atom is 0.266 e. The molecule has 0 aliphatic rings. The molecule has 3 aromatic carbocycles. The fourth-order valence-electron chi connectivity index (χ4n) is 3.44. The van der Waals surface area contributed by atoms with Crippen LogP contribution in [-0.4, -0.2) is 27.4 Å². The minimum atomic E-state index is -0.686. The van der Waals surface area contributed by atoms with Gasteiger partial charge >= 0.3 is 0 Å². The molecule has 156 valence electrons. The van der Waals surface area contributed by atoms with Crippen LogP contribution >= 0.6 is 0 Å². The highest BCUT2D eigenvalue weighted by molar-refractivity contribution is 5.94. The highest BCUT2D eigenvalue weighted by Crippen LogP contribution is 2.24. The molecule has 5 nitrogen and oxygen atoms in total. The summed E-state index contributed by atoms with van der Waals surface area (Å²) in [5.41, 5.74) is 0.469. The maximum absolute atomic E-state index is 14.2. The number of benzene rings is 3. The van der Waals surface area contributed by atoms with E-state index in [-0.39, 0.29) is 16.9 Å². The van der Waals surface area contributed by atoms with E-state index in [1.165, 1.54) is 59.0 Å². The van der Waals surface area contributed by atoms with Crippen LogP contribution in [0.15, 0.2) is 77.6 Å². The van der Waals surface area contributed by atoms with Crippen LogP contribution in [0, 0.1) is 11.6 Å². The molecular weight excluding hydrogens is 400 g/mol. The molecule has 1 heterocycles. The number of nitrogens with zero attached hydrogens (tertiary/aromatic N) is 3. The monoisotopic (exact) mass is 419 g/mol. The lowest BCUT2D eigenvalue weighted by Crippen LogP contribution is -2.35. The summed E-state index contributed by atoms with van der Waals surface area (Å²) in [5, 5.41) is 0.394. The Morgan fingerprint density at radius 1 is 0.968 bits per heavy atom. The third kappa shape index (κ3) is 3.70. The first-order valence-electron chi connectivity index (χ1n) is 9.68. The summed E-state index contributed by atoms with van der Waals surface area (Å²) in [6.07, 6.45) is 0. The lowest BCUT2D eigenvalue weighted by atomic mass is 10.1. The standard InChI is InChI=1S/C24H19F2N3O2/c1-15(28(2)23(30)18-7-3-5-9-20(18)26)22-27-21-10-6-4-8-19(21)24(31)29(22)17-13-11-16(25)12-14-17/h3-15H,1-2H3. The van der Waals surface area contributed by atoms with Gasteiger partial charge in [-0.15, -0.1) is 0 Å². The van der Waals surface area contributed by atoms with Crippen LogP contribution in [-0.2, 0) is 0 Å². The molecule has 1 amide bonds. The molecule has 31 heavy (non-hydrogen) atoms. The predicted molar refractivity (Wildman–Crippen MR) is 114 cm³/mol. The normalized spacial score (nSPS) is 12.0. The second-order valence-corrected chi connectivity index (χ2v) is 7.18. The first kappa shape index (κ1) is 20.4. The van der Waals surface area contributed by atoms with Crippen molar-refractivity contribution in [2.45, 2.75) is 13.0 Å². The molecule has 0 spiro atoms. The second kappa shape index (κ2) is 8.10. The van der Waals surface area contributed by atoms with Crippen molar-refractivity contribution in [1.82, 2.24) is 14.5 Å². The Labute approximate surface area is 177 Å². The van der Waals surface area contributed by atoms with Gasteiger partial charge in [-0.05, 0) is 55.5 Å². The maximum atomic E-state index is 14.2. The number of para-hydroxylation sites is 1. The van der Waals surface area contributed by atoms with Gasteiger partial charge in [-0.25, -0.2) is 13.8 Å². The van der Waals surface area contributed by atoms with Gasteiger partial charge in [0.25, 0.3) is 11.5 Å². The van der Waals surface area contributed by atoms with E-state index in [0.717, 1.165) is 0 Å². The smallest absolute Gasteiger partial charge is 0.266 e. The summed E-state index contributed by atoms with van der Waals surface area (Å²) in [4.78, 5) is 32.2. The number of hydrogen-bond donors (Lipinski definition) is 0. The predicted octanol–water partition coefficient (Wildman–Crippen LogP) is 4.50. The molecule has 0 aliphatic carbocycles. The molecule has 0 radical (unpaired) electrons. The number of halogens is 2. The highest BCUT2D eigenvalue weighted by atomic mass is 19.1. The van der Waals surface area contributed by atoms with Crippen LogP contribution < -0.4 is 5.56 Å². The number of rotatable bonds is 4. The van der Waals surface area contributed by atoms with Crippen molar-refractivity contribution in [2.24, 2.45) is 0 Å². The van der Waals surface area contributed by atoms with Crippen LogP contribution in [0.3, 0.4) is 0 Å². The van der Waals surface area contributed by atoms with Crippen LogP contribution in [0.2, 0.25) is 0 Å². The fraction of sp³-hybridized carbons (Fsp3) is 0.125. The largest absolute Gasteiger partial charge is 0.332 e. The van der Waals surface area contributed by atoms with Gasteiger partial charge in [0.1, 0.15) is 17.5 Å². The summed E-state index contributed by atoms with van der Waals surface area (Å²) < 4.78 is 29.0. The number of carbonyl (C=O) groups excluding carboxylic acids is 1. The Bertz CT molecular complexity index is 1330. The lowest BCUT2D eigenvalue weighted by Gasteiger charge is -2.27. The summed E-state index contributed by atoms with van der Waals surface area (Å²) in [6.45, 7) is 1.70. The van der Waals surface area contributed by atoms with Crippen molar-refractivity contribution in [3.05, 3.63) is 106 Å². The van der Waals surface area contributed by atoms with Gasteiger partial charge in [0.05, 0.1) is 28.2 Å². The molecule has 7 heteroatoms. The molecule has 0 N–H and O–H groups in total. The third-order valence-electron chi connectivity index (χ3n) is 5.27. The minimum Gasteiger partial charge on any atom is -0.332 e. The molecular formula is C24H19F2N3O2. The molecule has 0 bridgehead atoms. The van der Waals surface area contributed by atoms with Crippen molar-refractivity contribution in [3.63, 3.8) is 0 Å². The van der Waals surface area contributed by atoms with Gasteiger partial charge in [0.2, 0.25) is 0 Å². The van der Waals surface area contributed by atoms with E-state index in [1.807, 2.05) is 0 Å². The molecule has 1 aromatic heterocycles. The summed E-state index contributed by atoms with van der Waals surface area (Å²) >= 11 is 0. The molecule has 0 saturated heterocycles. The quantitative estimate of drug-likeness (QED) is 0.490. The Balaban J connectivity index is 1.88. The summed E-state index contributed by atoms with van der Waals surface area (Å²) in [5.74, 6) is -1.33. The first-order chi connectivity index (χ1) is 14.9.